The Balaban J connectivity index is 1.20. The van der Waals surface area contributed by atoms with Crippen LogP contribution in [0.15, 0.2) is 67.0 Å². The van der Waals surface area contributed by atoms with E-state index in [0.29, 0.717) is 17.4 Å². The van der Waals surface area contributed by atoms with E-state index >= 15 is 0 Å². The van der Waals surface area contributed by atoms with Crippen molar-refractivity contribution >= 4 is 11.7 Å². The molecule has 152 valence electrons. The number of anilines is 1. The van der Waals surface area contributed by atoms with Crippen LogP contribution < -0.4 is 4.90 Å². The van der Waals surface area contributed by atoms with Crippen molar-refractivity contribution in [2.24, 2.45) is 11.8 Å². The molecule has 0 N–H and O–H groups in total. The lowest BCUT2D eigenvalue weighted by molar-refractivity contribution is -0.129. The van der Waals surface area contributed by atoms with Crippen molar-refractivity contribution in [3.63, 3.8) is 0 Å². The van der Waals surface area contributed by atoms with Gasteiger partial charge in [-0.1, -0.05) is 48.5 Å². The second kappa shape index (κ2) is 7.86. The van der Waals surface area contributed by atoms with Crippen molar-refractivity contribution in [2.75, 3.05) is 31.1 Å². The zero-order valence-electron chi connectivity index (χ0n) is 16.6. The summed E-state index contributed by atoms with van der Waals surface area (Å²) in [6, 6.07) is 16.5. The summed E-state index contributed by atoms with van der Waals surface area (Å²) >= 11 is 0. The molecule has 1 amide bonds. The highest BCUT2D eigenvalue weighted by Gasteiger charge is 2.42. The van der Waals surface area contributed by atoms with Crippen LogP contribution >= 0.6 is 0 Å². The van der Waals surface area contributed by atoms with E-state index < -0.39 is 0 Å². The molecule has 2 aliphatic rings. The highest BCUT2D eigenvalue weighted by molar-refractivity contribution is 5.79. The lowest BCUT2D eigenvalue weighted by atomic mass is 10.0. The number of halogens is 1. The van der Waals surface area contributed by atoms with Crippen molar-refractivity contribution in [3.8, 4) is 11.3 Å². The summed E-state index contributed by atoms with van der Waals surface area (Å²) in [4.78, 5) is 26.0. The number of hydrogen-bond donors (Lipinski definition) is 0. The number of nitrogens with zero attached hydrogens (tertiary/aromatic N) is 4. The molecule has 5 rings (SSSR count). The van der Waals surface area contributed by atoms with Gasteiger partial charge in [-0.2, -0.15) is 0 Å². The summed E-state index contributed by atoms with van der Waals surface area (Å²) in [6.07, 6.45) is 3.79. The van der Waals surface area contributed by atoms with Gasteiger partial charge in [-0.15, -0.1) is 0 Å². The molecule has 0 bridgehead atoms. The van der Waals surface area contributed by atoms with Crippen LogP contribution in [0.5, 0.6) is 0 Å². The number of fused-ring (bicyclic) bond motifs is 1. The fraction of sp³-hybridized carbons (Fsp3) is 0.292. The maximum atomic E-state index is 13.9. The molecular weight excluding hydrogens is 379 g/mol. The standard InChI is InChI=1S/C24H23FN4O/c25-21-9-5-4-8-18(21)10-24(30)29-15-19-13-28(14-20(19)16-29)23-12-26-22(11-27-23)17-6-2-1-3-7-17/h1-9,11-12,19-20H,10,13-16H2. The predicted octanol–water partition coefficient (Wildman–Crippen LogP) is 3.42. The average molecular weight is 402 g/mol. The van der Waals surface area contributed by atoms with Gasteiger partial charge < -0.3 is 9.80 Å². The number of likely N-dealkylation sites (tertiary alicyclic amines) is 1. The van der Waals surface area contributed by atoms with Gasteiger partial charge >= 0.3 is 0 Å². The first kappa shape index (κ1) is 18.7. The maximum Gasteiger partial charge on any atom is 0.227 e. The van der Waals surface area contributed by atoms with E-state index in [4.69, 9.17) is 0 Å². The fourth-order valence-electron chi connectivity index (χ4n) is 4.54. The molecular formula is C24H23FN4O. The molecule has 30 heavy (non-hydrogen) atoms. The van der Waals surface area contributed by atoms with Gasteiger partial charge in [0.15, 0.2) is 0 Å². The molecule has 2 saturated heterocycles. The van der Waals surface area contributed by atoms with E-state index in [1.54, 1.807) is 18.2 Å². The van der Waals surface area contributed by atoms with Gasteiger partial charge in [0.05, 0.1) is 24.5 Å². The van der Waals surface area contributed by atoms with Gasteiger partial charge in [0, 0.05) is 43.6 Å². The largest absolute Gasteiger partial charge is 0.355 e. The molecule has 2 unspecified atom stereocenters. The van der Waals surface area contributed by atoms with E-state index in [2.05, 4.69) is 14.9 Å². The number of hydrogen-bond acceptors (Lipinski definition) is 4. The maximum absolute atomic E-state index is 13.9. The Morgan fingerprint density at radius 1 is 0.900 bits per heavy atom. The number of carbonyl (C=O) groups excluding carboxylic acids is 1. The Labute approximate surface area is 175 Å². The van der Waals surface area contributed by atoms with Gasteiger partial charge in [-0.25, -0.2) is 9.37 Å². The number of carbonyl (C=O) groups is 1. The predicted molar refractivity (Wildman–Crippen MR) is 113 cm³/mol. The molecule has 3 heterocycles. The van der Waals surface area contributed by atoms with Gasteiger partial charge in [0.25, 0.3) is 0 Å². The fourth-order valence-corrected chi connectivity index (χ4v) is 4.54. The second-order valence-electron chi connectivity index (χ2n) is 8.12. The van der Waals surface area contributed by atoms with Gasteiger partial charge in [-0.05, 0) is 11.6 Å². The molecule has 0 radical (unpaired) electrons. The van der Waals surface area contributed by atoms with E-state index in [1.807, 2.05) is 47.6 Å². The Morgan fingerprint density at radius 2 is 1.60 bits per heavy atom. The lowest BCUT2D eigenvalue weighted by Crippen LogP contribution is -2.34. The summed E-state index contributed by atoms with van der Waals surface area (Å²) in [5, 5.41) is 0. The third kappa shape index (κ3) is 3.65. The van der Waals surface area contributed by atoms with Gasteiger partial charge in [-0.3, -0.25) is 9.78 Å². The summed E-state index contributed by atoms with van der Waals surface area (Å²) in [5.41, 5.74) is 2.39. The Morgan fingerprint density at radius 3 is 2.27 bits per heavy atom. The first-order valence-corrected chi connectivity index (χ1v) is 10.3. The van der Waals surface area contributed by atoms with Crippen LogP contribution in [0.3, 0.4) is 0 Å². The van der Waals surface area contributed by atoms with E-state index in [9.17, 15) is 9.18 Å². The molecule has 0 aliphatic carbocycles. The van der Waals surface area contributed by atoms with E-state index in [1.165, 1.54) is 6.07 Å². The Hall–Kier alpha value is -3.28. The summed E-state index contributed by atoms with van der Waals surface area (Å²) in [5.74, 6) is 1.42. The SMILES string of the molecule is O=C(Cc1ccccc1F)N1CC2CN(c3cnc(-c4ccccc4)cn3)CC2C1. The van der Waals surface area contributed by atoms with Crippen molar-refractivity contribution in [2.45, 2.75) is 6.42 Å². The van der Waals surface area contributed by atoms with Crippen molar-refractivity contribution < 1.29 is 9.18 Å². The third-order valence-electron chi connectivity index (χ3n) is 6.17. The van der Waals surface area contributed by atoms with Crippen molar-refractivity contribution in [1.29, 1.82) is 0 Å². The minimum absolute atomic E-state index is 0.00746. The number of rotatable bonds is 4. The van der Waals surface area contributed by atoms with Crippen LogP contribution in [0.1, 0.15) is 5.56 Å². The molecule has 5 nitrogen and oxygen atoms in total. The normalized spacial score (nSPS) is 20.4. The van der Waals surface area contributed by atoms with Gasteiger partial charge in [0.1, 0.15) is 11.6 Å². The minimum Gasteiger partial charge on any atom is -0.355 e. The molecule has 6 heteroatoms. The summed E-state index contributed by atoms with van der Waals surface area (Å²) < 4.78 is 13.9. The van der Waals surface area contributed by atoms with Gasteiger partial charge in [0.2, 0.25) is 5.91 Å². The molecule has 0 spiro atoms. The molecule has 1 aromatic heterocycles. The first-order chi connectivity index (χ1) is 14.7. The highest BCUT2D eigenvalue weighted by Crippen LogP contribution is 2.33. The topological polar surface area (TPSA) is 49.3 Å². The zero-order valence-corrected chi connectivity index (χ0v) is 16.6. The van der Waals surface area contributed by atoms with Crippen LogP contribution in [0.25, 0.3) is 11.3 Å². The third-order valence-corrected chi connectivity index (χ3v) is 6.17. The van der Waals surface area contributed by atoms with Crippen LogP contribution in [-0.2, 0) is 11.2 Å². The molecule has 2 fully saturated rings. The molecule has 2 aromatic carbocycles. The Bertz CT molecular complexity index is 1030. The number of benzene rings is 2. The molecule has 2 aliphatic heterocycles. The highest BCUT2D eigenvalue weighted by atomic mass is 19.1. The monoisotopic (exact) mass is 402 g/mol. The number of aromatic nitrogens is 2. The van der Waals surface area contributed by atoms with Crippen molar-refractivity contribution in [1.82, 2.24) is 14.9 Å². The first-order valence-electron chi connectivity index (χ1n) is 10.3. The summed E-state index contributed by atoms with van der Waals surface area (Å²) in [7, 11) is 0. The van der Waals surface area contributed by atoms with E-state index in [-0.39, 0.29) is 18.1 Å². The second-order valence-corrected chi connectivity index (χ2v) is 8.12. The Kier molecular flexibility index (Phi) is 4.91. The number of amides is 1. The zero-order chi connectivity index (χ0) is 20.5. The molecule has 2 atom stereocenters. The van der Waals surface area contributed by atoms with E-state index in [0.717, 1.165) is 43.3 Å². The average Bonchev–Trinajstić information content (AvgIpc) is 3.36. The lowest BCUT2D eigenvalue weighted by Gasteiger charge is -2.22. The van der Waals surface area contributed by atoms with Crippen LogP contribution in [-0.4, -0.2) is 47.0 Å². The summed E-state index contributed by atoms with van der Waals surface area (Å²) in [6.45, 7) is 3.19. The van der Waals surface area contributed by atoms with Crippen LogP contribution in [0.2, 0.25) is 0 Å². The molecule has 0 saturated carbocycles. The van der Waals surface area contributed by atoms with Crippen LogP contribution in [0.4, 0.5) is 10.2 Å². The van der Waals surface area contributed by atoms with Crippen molar-refractivity contribution in [3.05, 3.63) is 78.4 Å². The quantitative estimate of drug-likeness (QED) is 0.671. The molecule has 3 aromatic rings. The van der Waals surface area contributed by atoms with Crippen LogP contribution in [0, 0.1) is 17.7 Å². The smallest absolute Gasteiger partial charge is 0.227 e. The minimum atomic E-state index is -0.311.